The summed E-state index contributed by atoms with van der Waals surface area (Å²) in [5.41, 5.74) is 1.30. The van der Waals surface area contributed by atoms with E-state index >= 15 is 0 Å². The largest absolute Gasteiger partial charge is 0.377 e. The molecule has 2 atom stereocenters. The van der Waals surface area contributed by atoms with Gasteiger partial charge in [-0.25, -0.2) is 0 Å². The Morgan fingerprint density at radius 1 is 1.48 bits per heavy atom. The molecule has 1 aliphatic rings. The summed E-state index contributed by atoms with van der Waals surface area (Å²) < 4.78 is 5.60. The summed E-state index contributed by atoms with van der Waals surface area (Å²) in [7, 11) is 0. The van der Waals surface area contributed by atoms with Crippen molar-refractivity contribution in [2.45, 2.75) is 32.4 Å². The second-order valence-corrected chi connectivity index (χ2v) is 5.38. The van der Waals surface area contributed by atoms with Gasteiger partial charge < -0.3 is 10.1 Å². The van der Waals surface area contributed by atoms with Crippen molar-refractivity contribution >= 4 is 11.6 Å². The molecule has 1 aliphatic heterocycles. The third-order valence-corrected chi connectivity index (χ3v) is 3.69. The van der Waals surface area contributed by atoms with Crippen LogP contribution in [0.4, 0.5) is 5.69 Å². The number of anilines is 1. The molecule has 1 amide bonds. The number of amides is 1. The lowest BCUT2D eigenvalue weighted by Crippen LogP contribution is -2.44. The van der Waals surface area contributed by atoms with Crippen molar-refractivity contribution in [1.82, 2.24) is 4.90 Å². The van der Waals surface area contributed by atoms with Gasteiger partial charge in [0.1, 0.15) is 0 Å². The monoisotopic (exact) mass is 287 g/mol. The molecule has 0 radical (unpaired) electrons. The predicted molar refractivity (Wildman–Crippen MR) is 80.9 cm³/mol. The van der Waals surface area contributed by atoms with E-state index in [0.29, 0.717) is 11.3 Å². The van der Waals surface area contributed by atoms with Crippen LogP contribution in [-0.4, -0.2) is 42.6 Å². The topological polar surface area (TPSA) is 65.4 Å². The summed E-state index contributed by atoms with van der Waals surface area (Å²) >= 11 is 0. The molecule has 1 heterocycles. The molecule has 2 unspecified atom stereocenters. The summed E-state index contributed by atoms with van der Waals surface area (Å²) in [6, 6.07) is 8.74. The van der Waals surface area contributed by atoms with Crippen LogP contribution in [0.5, 0.6) is 0 Å². The molecular weight excluding hydrogens is 266 g/mol. The molecule has 112 valence electrons. The Morgan fingerprint density at radius 3 is 2.86 bits per heavy atom. The van der Waals surface area contributed by atoms with Crippen LogP contribution in [0.2, 0.25) is 0 Å². The van der Waals surface area contributed by atoms with Gasteiger partial charge in [0, 0.05) is 25.4 Å². The minimum Gasteiger partial charge on any atom is -0.377 e. The number of nitriles is 1. The highest BCUT2D eigenvalue weighted by atomic mass is 16.5. The molecule has 5 heteroatoms. The van der Waals surface area contributed by atoms with Gasteiger partial charge in [0.2, 0.25) is 5.91 Å². The number of ether oxygens (including phenoxy) is 1. The summed E-state index contributed by atoms with van der Waals surface area (Å²) in [6.07, 6.45) is 1.09. The van der Waals surface area contributed by atoms with Crippen LogP contribution in [0.25, 0.3) is 0 Å². The summed E-state index contributed by atoms with van der Waals surface area (Å²) in [6.45, 7) is 6.33. The zero-order valence-electron chi connectivity index (χ0n) is 12.5. The molecule has 21 heavy (non-hydrogen) atoms. The van der Waals surface area contributed by atoms with E-state index in [9.17, 15) is 4.79 Å². The van der Waals surface area contributed by atoms with Gasteiger partial charge in [-0.3, -0.25) is 9.69 Å². The highest BCUT2D eigenvalue weighted by molar-refractivity contribution is 5.94. The van der Waals surface area contributed by atoms with E-state index in [1.54, 1.807) is 24.3 Å². The fourth-order valence-corrected chi connectivity index (χ4v) is 2.42. The predicted octanol–water partition coefficient (Wildman–Crippen LogP) is 2.00. The average molecular weight is 287 g/mol. The zero-order chi connectivity index (χ0) is 15.2. The van der Waals surface area contributed by atoms with Gasteiger partial charge in [-0.2, -0.15) is 5.26 Å². The van der Waals surface area contributed by atoms with E-state index < -0.39 is 0 Å². The Bertz CT molecular complexity index is 521. The van der Waals surface area contributed by atoms with Crippen LogP contribution in [-0.2, 0) is 9.53 Å². The fourth-order valence-electron chi connectivity index (χ4n) is 2.42. The van der Waals surface area contributed by atoms with Crippen LogP contribution < -0.4 is 5.32 Å². The standard InChI is InChI=1S/C16H21N3O2/c1-12-11-19(8-3-9-21-12)13(2)16(20)18-15-6-4-14(10-17)5-7-15/h4-7,12-13H,3,8-9,11H2,1-2H3,(H,18,20). The molecule has 1 saturated heterocycles. The van der Waals surface area contributed by atoms with E-state index in [1.165, 1.54) is 0 Å². The normalized spacial score (nSPS) is 21.1. The second-order valence-electron chi connectivity index (χ2n) is 5.38. The van der Waals surface area contributed by atoms with Crippen LogP contribution >= 0.6 is 0 Å². The first-order chi connectivity index (χ1) is 10.1. The molecule has 0 bridgehead atoms. The number of benzene rings is 1. The average Bonchev–Trinajstić information content (AvgIpc) is 2.71. The zero-order valence-corrected chi connectivity index (χ0v) is 12.5. The third-order valence-electron chi connectivity index (χ3n) is 3.69. The summed E-state index contributed by atoms with van der Waals surface area (Å²) in [5, 5.41) is 11.7. The first-order valence-corrected chi connectivity index (χ1v) is 7.27. The highest BCUT2D eigenvalue weighted by Crippen LogP contribution is 2.13. The quantitative estimate of drug-likeness (QED) is 0.923. The Labute approximate surface area is 125 Å². The maximum absolute atomic E-state index is 12.3. The lowest BCUT2D eigenvalue weighted by atomic mass is 10.2. The maximum Gasteiger partial charge on any atom is 0.241 e. The number of rotatable bonds is 3. The van der Waals surface area contributed by atoms with Crippen molar-refractivity contribution in [3.63, 3.8) is 0 Å². The third kappa shape index (κ3) is 4.28. The Hall–Kier alpha value is -1.90. The SMILES string of the molecule is CC1CN(C(C)C(=O)Nc2ccc(C#N)cc2)CCCO1. The number of hydrogen-bond acceptors (Lipinski definition) is 4. The number of nitrogens with one attached hydrogen (secondary N) is 1. The van der Waals surface area contributed by atoms with Gasteiger partial charge in [0.05, 0.1) is 23.8 Å². The Kier molecular flexibility index (Phi) is 5.32. The Morgan fingerprint density at radius 2 is 2.19 bits per heavy atom. The molecule has 5 nitrogen and oxygen atoms in total. The lowest BCUT2D eigenvalue weighted by molar-refractivity contribution is -0.121. The van der Waals surface area contributed by atoms with Crippen LogP contribution in [0, 0.1) is 11.3 Å². The van der Waals surface area contributed by atoms with Gasteiger partial charge in [0.25, 0.3) is 0 Å². The molecule has 0 spiro atoms. The smallest absolute Gasteiger partial charge is 0.241 e. The Balaban J connectivity index is 1.96. The van der Waals surface area contributed by atoms with E-state index in [0.717, 1.165) is 26.1 Å². The molecule has 0 aliphatic carbocycles. The van der Waals surface area contributed by atoms with Crippen LogP contribution in [0.3, 0.4) is 0 Å². The van der Waals surface area contributed by atoms with Crippen molar-refractivity contribution < 1.29 is 9.53 Å². The number of carbonyl (C=O) groups is 1. The molecule has 1 aromatic carbocycles. The highest BCUT2D eigenvalue weighted by Gasteiger charge is 2.24. The second kappa shape index (κ2) is 7.21. The number of carbonyl (C=O) groups excluding carboxylic acids is 1. The first kappa shape index (κ1) is 15.5. The molecular formula is C16H21N3O2. The van der Waals surface area contributed by atoms with Gasteiger partial charge in [-0.1, -0.05) is 0 Å². The van der Waals surface area contributed by atoms with E-state index in [2.05, 4.69) is 16.3 Å². The maximum atomic E-state index is 12.3. The lowest BCUT2D eigenvalue weighted by Gasteiger charge is -2.27. The van der Waals surface area contributed by atoms with E-state index in [4.69, 9.17) is 10.00 Å². The van der Waals surface area contributed by atoms with Gasteiger partial charge in [-0.15, -0.1) is 0 Å². The first-order valence-electron chi connectivity index (χ1n) is 7.27. The van der Waals surface area contributed by atoms with E-state index in [-0.39, 0.29) is 18.1 Å². The van der Waals surface area contributed by atoms with E-state index in [1.807, 2.05) is 13.8 Å². The molecule has 0 saturated carbocycles. The van der Waals surface area contributed by atoms with Crippen LogP contribution in [0.15, 0.2) is 24.3 Å². The van der Waals surface area contributed by atoms with Crippen molar-refractivity contribution in [1.29, 1.82) is 5.26 Å². The minimum absolute atomic E-state index is 0.0335. The number of nitrogens with zero attached hydrogens (tertiary/aromatic N) is 2. The summed E-state index contributed by atoms with van der Waals surface area (Å²) in [5.74, 6) is -0.0335. The van der Waals surface area contributed by atoms with Gasteiger partial charge in [-0.05, 0) is 44.5 Å². The fraction of sp³-hybridized carbons (Fsp3) is 0.500. The van der Waals surface area contributed by atoms with Crippen molar-refractivity contribution in [2.24, 2.45) is 0 Å². The molecule has 2 rings (SSSR count). The molecule has 1 fully saturated rings. The molecule has 1 aromatic rings. The minimum atomic E-state index is -0.204. The number of hydrogen-bond donors (Lipinski definition) is 1. The van der Waals surface area contributed by atoms with Crippen molar-refractivity contribution in [3.05, 3.63) is 29.8 Å². The molecule has 1 N–H and O–H groups in total. The molecule has 0 aromatic heterocycles. The van der Waals surface area contributed by atoms with Crippen molar-refractivity contribution in [3.8, 4) is 6.07 Å². The van der Waals surface area contributed by atoms with Gasteiger partial charge in [0.15, 0.2) is 0 Å². The van der Waals surface area contributed by atoms with Crippen molar-refractivity contribution in [2.75, 3.05) is 25.0 Å². The summed E-state index contributed by atoms with van der Waals surface area (Å²) in [4.78, 5) is 14.5. The van der Waals surface area contributed by atoms with Gasteiger partial charge >= 0.3 is 0 Å². The van der Waals surface area contributed by atoms with Crippen LogP contribution in [0.1, 0.15) is 25.8 Å².